The molecule has 1 amide bonds. The maximum absolute atomic E-state index is 12.5. The van der Waals surface area contributed by atoms with E-state index in [2.05, 4.69) is 28.1 Å². The Bertz CT molecular complexity index is 628. The second-order valence-electron chi connectivity index (χ2n) is 5.79. The fourth-order valence-electron chi connectivity index (χ4n) is 2.75. The molecule has 0 bridgehead atoms. The summed E-state index contributed by atoms with van der Waals surface area (Å²) in [5.74, 6) is 1.51. The second-order valence-corrected chi connectivity index (χ2v) is 7.84. The first kappa shape index (κ1) is 19.3. The van der Waals surface area contributed by atoms with Gasteiger partial charge in [-0.3, -0.25) is 4.79 Å². The summed E-state index contributed by atoms with van der Waals surface area (Å²) < 4.78 is 0. The minimum absolute atomic E-state index is 0. The maximum atomic E-state index is 12.5. The van der Waals surface area contributed by atoms with Crippen molar-refractivity contribution >= 4 is 41.4 Å². The minimum atomic E-state index is 0. The van der Waals surface area contributed by atoms with Crippen molar-refractivity contribution in [3.8, 4) is 0 Å². The molecule has 1 atom stereocenters. The highest BCUT2D eigenvalue weighted by molar-refractivity contribution is 7.98. The Kier molecular flexibility index (Phi) is 8.12. The highest BCUT2D eigenvalue weighted by Gasteiger charge is 2.16. The van der Waals surface area contributed by atoms with Gasteiger partial charge >= 0.3 is 0 Å². The Morgan fingerprint density at radius 2 is 2.17 bits per heavy atom. The van der Waals surface area contributed by atoms with Gasteiger partial charge in [0.05, 0.1) is 5.56 Å². The van der Waals surface area contributed by atoms with Crippen LogP contribution in [0, 0.1) is 5.92 Å². The van der Waals surface area contributed by atoms with Gasteiger partial charge in [-0.2, -0.15) is 0 Å². The third-order valence-corrected chi connectivity index (χ3v) is 6.21. The van der Waals surface area contributed by atoms with Crippen LogP contribution in [0.25, 0.3) is 0 Å². The smallest absolute Gasteiger partial charge is 0.252 e. The van der Waals surface area contributed by atoms with E-state index >= 15 is 0 Å². The van der Waals surface area contributed by atoms with Crippen molar-refractivity contribution < 1.29 is 4.79 Å². The monoisotopic (exact) mass is 382 g/mol. The number of halogens is 1. The Labute approximate surface area is 158 Å². The predicted octanol–water partition coefficient (Wildman–Crippen LogP) is 4.19. The van der Waals surface area contributed by atoms with Crippen molar-refractivity contribution in [2.24, 2.45) is 5.92 Å². The van der Waals surface area contributed by atoms with E-state index in [1.54, 1.807) is 23.1 Å². The van der Waals surface area contributed by atoms with Crippen LogP contribution in [0.2, 0.25) is 0 Å². The zero-order chi connectivity index (χ0) is 15.9. The standard InChI is InChI=1S/C18H22N2OS2.ClH/c21-18(20-12-14-5-3-9-19-11-14)16-7-1-2-8-17(16)23-13-15-6-4-10-22-15;/h1-2,4,6-8,10,14,19H,3,5,9,11-13H2,(H,20,21);1H. The first-order valence-corrected chi connectivity index (χ1v) is 9.92. The number of rotatable bonds is 6. The molecular weight excluding hydrogens is 360 g/mol. The van der Waals surface area contributed by atoms with Gasteiger partial charge in [0.15, 0.2) is 0 Å². The molecule has 1 aromatic heterocycles. The van der Waals surface area contributed by atoms with Crippen molar-refractivity contribution in [2.75, 3.05) is 19.6 Å². The van der Waals surface area contributed by atoms with Crippen LogP contribution in [-0.2, 0) is 5.75 Å². The first-order chi connectivity index (χ1) is 11.3. The third kappa shape index (κ3) is 5.52. The molecule has 2 N–H and O–H groups in total. The zero-order valence-electron chi connectivity index (χ0n) is 13.5. The van der Waals surface area contributed by atoms with Gasteiger partial charge in [-0.05, 0) is 55.4 Å². The number of carbonyl (C=O) groups is 1. The minimum Gasteiger partial charge on any atom is -0.352 e. The van der Waals surface area contributed by atoms with Gasteiger partial charge in [0.1, 0.15) is 0 Å². The number of amides is 1. The topological polar surface area (TPSA) is 41.1 Å². The van der Waals surface area contributed by atoms with E-state index in [1.165, 1.54) is 17.7 Å². The van der Waals surface area contributed by atoms with E-state index in [1.807, 2.05) is 24.3 Å². The quantitative estimate of drug-likeness (QED) is 0.736. The van der Waals surface area contributed by atoms with Crippen LogP contribution in [0.5, 0.6) is 0 Å². The summed E-state index contributed by atoms with van der Waals surface area (Å²) in [5.41, 5.74) is 0.790. The molecule has 1 aliphatic heterocycles. The molecular formula is C18H23ClN2OS2. The van der Waals surface area contributed by atoms with E-state index in [0.29, 0.717) is 5.92 Å². The Morgan fingerprint density at radius 3 is 2.92 bits per heavy atom. The maximum Gasteiger partial charge on any atom is 0.252 e. The van der Waals surface area contributed by atoms with E-state index in [0.717, 1.165) is 35.8 Å². The number of hydrogen-bond acceptors (Lipinski definition) is 4. The summed E-state index contributed by atoms with van der Waals surface area (Å²) in [6.45, 7) is 2.87. The van der Waals surface area contributed by atoms with E-state index in [-0.39, 0.29) is 18.3 Å². The van der Waals surface area contributed by atoms with Gasteiger partial charge < -0.3 is 10.6 Å². The largest absolute Gasteiger partial charge is 0.352 e. The molecule has 6 heteroatoms. The zero-order valence-corrected chi connectivity index (χ0v) is 15.9. The van der Waals surface area contributed by atoms with Crippen LogP contribution in [0.1, 0.15) is 28.1 Å². The fraction of sp³-hybridized carbons (Fsp3) is 0.389. The molecule has 0 saturated carbocycles. The number of hydrogen-bond donors (Lipinski definition) is 2. The number of nitrogens with one attached hydrogen (secondary N) is 2. The average molecular weight is 383 g/mol. The molecule has 3 rings (SSSR count). The van der Waals surface area contributed by atoms with Gasteiger partial charge in [0.2, 0.25) is 0 Å². The van der Waals surface area contributed by atoms with Crippen molar-refractivity contribution in [1.82, 2.24) is 10.6 Å². The van der Waals surface area contributed by atoms with Crippen molar-refractivity contribution in [3.05, 3.63) is 52.2 Å². The van der Waals surface area contributed by atoms with Gasteiger partial charge in [-0.1, -0.05) is 18.2 Å². The number of thiophene rings is 1. The molecule has 0 radical (unpaired) electrons. The summed E-state index contributed by atoms with van der Waals surface area (Å²) in [5, 5.41) is 8.59. The number of benzene rings is 1. The number of thioether (sulfide) groups is 1. The molecule has 1 aromatic carbocycles. The third-order valence-electron chi connectivity index (χ3n) is 4.03. The van der Waals surface area contributed by atoms with Crippen molar-refractivity contribution in [2.45, 2.75) is 23.5 Å². The van der Waals surface area contributed by atoms with Crippen molar-refractivity contribution in [1.29, 1.82) is 0 Å². The van der Waals surface area contributed by atoms with Gasteiger partial charge in [-0.15, -0.1) is 35.5 Å². The van der Waals surface area contributed by atoms with Gasteiger partial charge in [-0.25, -0.2) is 0 Å². The summed E-state index contributed by atoms with van der Waals surface area (Å²) in [7, 11) is 0. The average Bonchev–Trinajstić information content (AvgIpc) is 3.12. The fourth-order valence-corrected chi connectivity index (χ4v) is 4.58. The van der Waals surface area contributed by atoms with Gasteiger partial charge in [0.25, 0.3) is 5.91 Å². The van der Waals surface area contributed by atoms with E-state index < -0.39 is 0 Å². The number of carbonyl (C=O) groups excluding carboxylic acids is 1. The number of piperidine rings is 1. The predicted molar refractivity (Wildman–Crippen MR) is 105 cm³/mol. The lowest BCUT2D eigenvalue weighted by Crippen LogP contribution is -2.38. The van der Waals surface area contributed by atoms with Crippen LogP contribution in [-0.4, -0.2) is 25.5 Å². The summed E-state index contributed by atoms with van der Waals surface area (Å²) in [6, 6.07) is 12.1. The molecule has 24 heavy (non-hydrogen) atoms. The van der Waals surface area contributed by atoms with Crippen molar-refractivity contribution in [3.63, 3.8) is 0 Å². The Hall–Kier alpha value is -1.01. The Balaban J connectivity index is 0.00000208. The molecule has 1 unspecified atom stereocenters. The van der Waals surface area contributed by atoms with Gasteiger partial charge in [0, 0.05) is 22.1 Å². The summed E-state index contributed by atoms with van der Waals surface area (Å²) >= 11 is 3.49. The van der Waals surface area contributed by atoms with Crippen LogP contribution >= 0.6 is 35.5 Å². The van der Waals surface area contributed by atoms with E-state index in [4.69, 9.17) is 0 Å². The summed E-state index contributed by atoms with van der Waals surface area (Å²) in [4.78, 5) is 14.9. The lowest BCUT2D eigenvalue weighted by molar-refractivity contribution is 0.0942. The molecule has 0 spiro atoms. The van der Waals surface area contributed by atoms with Crippen LogP contribution in [0.3, 0.4) is 0 Å². The lowest BCUT2D eigenvalue weighted by atomic mass is 10.00. The molecule has 2 heterocycles. The second kappa shape index (κ2) is 10.1. The lowest BCUT2D eigenvalue weighted by Gasteiger charge is -2.23. The first-order valence-electron chi connectivity index (χ1n) is 8.06. The summed E-state index contributed by atoms with van der Waals surface area (Å²) in [6.07, 6.45) is 2.40. The van der Waals surface area contributed by atoms with E-state index in [9.17, 15) is 4.79 Å². The Morgan fingerprint density at radius 1 is 1.29 bits per heavy atom. The molecule has 1 saturated heterocycles. The molecule has 1 aliphatic rings. The highest BCUT2D eigenvalue weighted by atomic mass is 35.5. The van der Waals surface area contributed by atoms with Crippen LogP contribution in [0.15, 0.2) is 46.7 Å². The normalized spacial score (nSPS) is 17.1. The molecule has 130 valence electrons. The molecule has 2 aromatic rings. The van der Waals surface area contributed by atoms with Crippen LogP contribution in [0.4, 0.5) is 0 Å². The van der Waals surface area contributed by atoms with Crippen LogP contribution < -0.4 is 10.6 Å². The molecule has 0 aliphatic carbocycles. The molecule has 1 fully saturated rings. The molecule has 3 nitrogen and oxygen atoms in total. The highest BCUT2D eigenvalue weighted by Crippen LogP contribution is 2.28. The SMILES string of the molecule is Cl.O=C(NCC1CCCNC1)c1ccccc1SCc1cccs1.